The van der Waals surface area contributed by atoms with E-state index in [0.717, 1.165) is 11.1 Å². The Morgan fingerprint density at radius 2 is 1.76 bits per heavy atom. The predicted octanol–water partition coefficient (Wildman–Crippen LogP) is 3.81. The fourth-order valence-corrected chi connectivity index (χ4v) is 3.65. The van der Waals surface area contributed by atoms with Crippen LogP contribution in [0, 0.1) is 25.6 Å². The second kappa shape index (κ2) is 10.9. The molecule has 0 spiro atoms. The molecule has 0 saturated carbocycles. The third-order valence-corrected chi connectivity index (χ3v) is 5.68. The largest absolute Gasteiger partial charge is 0.369 e. The van der Waals surface area contributed by atoms with Crippen LogP contribution >= 0.6 is 11.6 Å². The van der Waals surface area contributed by atoms with Gasteiger partial charge in [0.25, 0.3) is 0 Å². The number of halogens is 2. The number of carbonyl (C=O) groups is 2. The van der Waals surface area contributed by atoms with E-state index in [1.54, 1.807) is 22.9 Å². The summed E-state index contributed by atoms with van der Waals surface area (Å²) in [4.78, 5) is 24.1. The molecule has 8 heteroatoms. The Morgan fingerprint density at radius 1 is 1.12 bits per heavy atom. The molecular formula is C25H26ClFN4O2. The van der Waals surface area contributed by atoms with Crippen LogP contribution in [0.5, 0.6) is 0 Å². The molecule has 0 radical (unpaired) electrons. The number of nitrogens with one attached hydrogen (secondary N) is 1. The van der Waals surface area contributed by atoms with Crippen molar-refractivity contribution in [3.63, 3.8) is 0 Å². The number of rotatable bonds is 9. The number of hydrogen-bond acceptors (Lipinski definition) is 3. The molecule has 1 aromatic heterocycles. The van der Waals surface area contributed by atoms with E-state index in [1.807, 2.05) is 38.1 Å². The van der Waals surface area contributed by atoms with Crippen LogP contribution in [0.4, 0.5) is 4.39 Å². The smallest absolute Gasteiger partial charge is 0.244 e. The van der Waals surface area contributed by atoms with Crippen LogP contribution < -0.4 is 11.1 Å². The highest BCUT2D eigenvalue weighted by atomic mass is 35.5. The second-order valence-electron chi connectivity index (χ2n) is 7.94. The number of carbonyl (C=O) groups excluding carboxylic acids is 2. The van der Waals surface area contributed by atoms with Crippen molar-refractivity contribution < 1.29 is 14.0 Å². The molecule has 3 aromatic rings. The molecule has 1 unspecified atom stereocenters. The average Bonchev–Trinajstić information content (AvgIpc) is 3.04. The first-order chi connectivity index (χ1) is 15.7. The summed E-state index contributed by atoms with van der Waals surface area (Å²) in [5.41, 5.74) is 9.81. The summed E-state index contributed by atoms with van der Waals surface area (Å²) < 4.78 is 14.8. The molecule has 33 heavy (non-hydrogen) atoms. The summed E-state index contributed by atoms with van der Waals surface area (Å²) in [6, 6.07) is 13.9. The van der Waals surface area contributed by atoms with Gasteiger partial charge in [0.1, 0.15) is 11.0 Å². The molecule has 1 heterocycles. The highest BCUT2D eigenvalue weighted by Gasteiger charge is 2.17. The molecule has 6 nitrogen and oxygen atoms in total. The number of hydrogen-bond donors (Lipinski definition) is 2. The van der Waals surface area contributed by atoms with Crippen molar-refractivity contribution >= 4 is 29.5 Å². The maximum absolute atomic E-state index is 13.1. The Hall–Kier alpha value is -3.45. The van der Waals surface area contributed by atoms with Gasteiger partial charge in [-0.2, -0.15) is 5.10 Å². The summed E-state index contributed by atoms with van der Waals surface area (Å²) in [5.74, 6) is -1.90. The van der Waals surface area contributed by atoms with Crippen LogP contribution in [0.25, 0.3) is 6.08 Å². The minimum Gasteiger partial charge on any atom is -0.369 e. The Balaban J connectivity index is 1.61. The lowest BCUT2D eigenvalue weighted by Crippen LogP contribution is -2.36. The van der Waals surface area contributed by atoms with Crippen LogP contribution in [0.15, 0.2) is 54.6 Å². The minimum absolute atomic E-state index is 0.0648. The van der Waals surface area contributed by atoms with Crippen molar-refractivity contribution in [2.75, 3.05) is 6.54 Å². The molecule has 0 aliphatic carbocycles. The summed E-state index contributed by atoms with van der Waals surface area (Å²) in [5, 5.41) is 7.59. The van der Waals surface area contributed by atoms with Gasteiger partial charge in [0.15, 0.2) is 0 Å². The number of amides is 2. The van der Waals surface area contributed by atoms with Gasteiger partial charge in [-0.25, -0.2) is 9.07 Å². The van der Waals surface area contributed by atoms with Gasteiger partial charge in [-0.05, 0) is 49.6 Å². The van der Waals surface area contributed by atoms with Gasteiger partial charge in [0, 0.05) is 18.2 Å². The molecule has 2 aromatic carbocycles. The van der Waals surface area contributed by atoms with Crippen molar-refractivity contribution in [2.24, 2.45) is 11.7 Å². The van der Waals surface area contributed by atoms with E-state index in [0.29, 0.717) is 29.4 Å². The lowest BCUT2D eigenvalue weighted by Gasteiger charge is -2.13. The number of nitrogens with two attached hydrogens (primary N) is 1. The molecule has 0 aliphatic heterocycles. The Bertz CT molecular complexity index is 1150. The number of aromatic nitrogens is 2. The number of aryl methyl sites for hydroxylation is 2. The predicted molar refractivity (Wildman–Crippen MR) is 127 cm³/mol. The van der Waals surface area contributed by atoms with Crippen molar-refractivity contribution in [1.82, 2.24) is 15.1 Å². The lowest BCUT2D eigenvalue weighted by molar-refractivity contribution is -0.122. The zero-order chi connectivity index (χ0) is 24.0. The van der Waals surface area contributed by atoms with Gasteiger partial charge < -0.3 is 11.1 Å². The first kappa shape index (κ1) is 24.2. The molecule has 0 bridgehead atoms. The lowest BCUT2D eigenvalue weighted by atomic mass is 9.98. The van der Waals surface area contributed by atoms with Crippen LogP contribution in [-0.4, -0.2) is 28.1 Å². The molecule has 3 N–H and O–H groups in total. The first-order valence-corrected chi connectivity index (χ1v) is 10.9. The highest BCUT2D eigenvalue weighted by molar-refractivity contribution is 6.31. The van der Waals surface area contributed by atoms with E-state index < -0.39 is 11.8 Å². The highest BCUT2D eigenvalue weighted by Crippen LogP contribution is 2.22. The molecule has 2 amide bonds. The fraction of sp³-hybridized carbons (Fsp3) is 0.240. The van der Waals surface area contributed by atoms with E-state index in [4.69, 9.17) is 17.3 Å². The van der Waals surface area contributed by atoms with Gasteiger partial charge in [-0.15, -0.1) is 0 Å². The maximum atomic E-state index is 13.1. The molecule has 0 fully saturated rings. The zero-order valence-electron chi connectivity index (χ0n) is 18.5. The van der Waals surface area contributed by atoms with Crippen molar-refractivity contribution in [1.29, 1.82) is 0 Å². The zero-order valence-corrected chi connectivity index (χ0v) is 19.3. The van der Waals surface area contributed by atoms with Gasteiger partial charge in [0.05, 0.1) is 18.2 Å². The van der Waals surface area contributed by atoms with Crippen LogP contribution in [0.2, 0.25) is 5.15 Å². The Labute approximate surface area is 197 Å². The number of primary amides is 1. The molecule has 3 rings (SSSR count). The summed E-state index contributed by atoms with van der Waals surface area (Å²) in [7, 11) is 0. The topological polar surface area (TPSA) is 90.0 Å². The Morgan fingerprint density at radius 3 is 2.39 bits per heavy atom. The van der Waals surface area contributed by atoms with E-state index in [-0.39, 0.29) is 18.3 Å². The van der Waals surface area contributed by atoms with Crippen molar-refractivity contribution in [3.05, 3.63) is 93.5 Å². The van der Waals surface area contributed by atoms with Crippen LogP contribution in [0.3, 0.4) is 0 Å². The quantitative estimate of drug-likeness (QED) is 0.468. The summed E-state index contributed by atoms with van der Waals surface area (Å²) in [6.45, 7) is 4.43. The summed E-state index contributed by atoms with van der Waals surface area (Å²) in [6.07, 6.45) is 3.25. The molecule has 0 saturated heterocycles. The molecule has 1 atom stereocenters. The third kappa shape index (κ3) is 6.76. The third-order valence-electron chi connectivity index (χ3n) is 5.28. The van der Waals surface area contributed by atoms with E-state index in [2.05, 4.69) is 10.4 Å². The molecule has 0 aliphatic rings. The maximum Gasteiger partial charge on any atom is 0.244 e. The SMILES string of the molecule is Cc1ccc(Cn2nc(C)c(/C=C/C(=O)NCC(Cc3ccc(F)cc3)C(N)=O)c2Cl)cc1. The minimum atomic E-state index is -0.615. The Kier molecular flexibility index (Phi) is 8.01. The molecule has 172 valence electrons. The van der Waals surface area contributed by atoms with Crippen molar-refractivity contribution in [2.45, 2.75) is 26.8 Å². The second-order valence-corrected chi connectivity index (χ2v) is 8.30. The van der Waals surface area contributed by atoms with E-state index in [1.165, 1.54) is 23.8 Å². The van der Waals surface area contributed by atoms with Crippen molar-refractivity contribution in [3.8, 4) is 0 Å². The van der Waals surface area contributed by atoms with Gasteiger partial charge in [-0.3, -0.25) is 9.59 Å². The number of nitrogens with zero attached hydrogens (tertiary/aromatic N) is 2. The van der Waals surface area contributed by atoms with Gasteiger partial charge >= 0.3 is 0 Å². The van der Waals surface area contributed by atoms with E-state index >= 15 is 0 Å². The number of benzene rings is 2. The average molecular weight is 469 g/mol. The van der Waals surface area contributed by atoms with Crippen LogP contribution in [0.1, 0.15) is 27.9 Å². The van der Waals surface area contributed by atoms with Crippen LogP contribution in [-0.2, 0) is 22.6 Å². The fourth-order valence-electron chi connectivity index (χ4n) is 3.35. The monoisotopic (exact) mass is 468 g/mol. The summed E-state index contributed by atoms with van der Waals surface area (Å²) >= 11 is 6.49. The van der Waals surface area contributed by atoms with E-state index in [9.17, 15) is 14.0 Å². The van der Waals surface area contributed by atoms with Gasteiger partial charge in [0.2, 0.25) is 11.8 Å². The molecular weight excluding hydrogens is 443 g/mol. The first-order valence-electron chi connectivity index (χ1n) is 10.5. The standard InChI is InChI=1S/C25H26ClFN4O2/c1-16-3-5-19(6-4-16)15-31-24(26)22(17(2)30-31)11-12-23(32)29-14-20(25(28)33)13-18-7-9-21(27)10-8-18/h3-12,20H,13-15H2,1-2H3,(H2,28,33)(H,29,32)/b12-11+. The normalized spacial score (nSPS) is 12.1. The van der Waals surface area contributed by atoms with Gasteiger partial charge in [-0.1, -0.05) is 53.6 Å².